The second-order valence-corrected chi connectivity index (χ2v) is 4.24. The van der Waals surface area contributed by atoms with Crippen LogP contribution in [0, 0.1) is 5.92 Å². The fourth-order valence-corrected chi connectivity index (χ4v) is 2.09. The molecule has 2 rings (SSSR count). The van der Waals surface area contributed by atoms with E-state index in [9.17, 15) is 4.79 Å². The molecule has 1 fully saturated rings. The molecule has 0 aliphatic carbocycles. The first-order chi connectivity index (χ1) is 7.81. The van der Waals surface area contributed by atoms with Crippen molar-refractivity contribution in [2.75, 3.05) is 13.1 Å². The van der Waals surface area contributed by atoms with Gasteiger partial charge in [0.15, 0.2) is 5.78 Å². The van der Waals surface area contributed by atoms with E-state index in [2.05, 4.69) is 5.32 Å². The maximum atomic E-state index is 12.1. The lowest BCUT2D eigenvalue weighted by atomic mass is 9.89. The molecule has 3 heteroatoms. The van der Waals surface area contributed by atoms with Gasteiger partial charge in [0, 0.05) is 11.5 Å². The van der Waals surface area contributed by atoms with Crippen molar-refractivity contribution >= 4 is 5.78 Å². The molecule has 1 aromatic carbocycles. The van der Waals surface area contributed by atoms with Gasteiger partial charge in [0.25, 0.3) is 0 Å². The minimum absolute atomic E-state index is 0.0296. The summed E-state index contributed by atoms with van der Waals surface area (Å²) in [5, 5.41) is 12.2. The van der Waals surface area contributed by atoms with E-state index in [-0.39, 0.29) is 18.3 Å². The van der Waals surface area contributed by atoms with E-state index < -0.39 is 0 Å². The standard InChI is InChI=1S/C13H17NO2/c15-9-10-1-3-11(4-2-10)13(16)12-5-7-14-8-6-12/h1-4,12,14-15H,5-9H2. The lowest BCUT2D eigenvalue weighted by molar-refractivity contribution is 0.0895. The van der Waals surface area contributed by atoms with Gasteiger partial charge in [-0.1, -0.05) is 24.3 Å². The number of hydrogen-bond donors (Lipinski definition) is 2. The average molecular weight is 219 g/mol. The summed E-state index contributed by atoms with van der Waals surface area (Å²) in [7, 11) is 0. The Morgan fingerprint density at radius 3 is 2.44 bits per heavy atom. The molecule has 0 spiro atoms. The summed E-state index contributed by atoms with van der Waals surface area (Å²) in [4.78, 5) is 12.1. The van der Waals surface area contributed by atoms with Gasteiger partial charge in [-0.3, -0.25) is 4.79 Å². The van der Waals surface area contributed by atoms with E-state index in [1.807, 2.05) is 24.3 Å². The summed E-state index contributed by atoms with van der Waals surface area (Å²) in [6.45, 7) is 1.90. The quantitative estimate of drug-likeness (QED) is 0.755. The van der Waals surface area contributed by atoms with Crippen LogP contribution >= 0.6 is 0 Å². The molecule has 86 valence electrons. The molecule has 1 heterocycles. The summed E-state index contributed by atoms with van der Waals surface area (Å²) in [6.07, 6.45) is 1.86. The molecular formula is C13H17NO2. The van der Waals surface area contributed by atoms with Crippen molar-refractivity contribution in [2.24, 2.45) is 5.92 Å². The maximum absolute atomic E-state index is 12.1. The Bertz CT molecular complexity index is 353. The lowest BCUT2D eigenvalue weighted by Gasteiger charge is -2.21. The van der Waals surface area contributed by atoms with Crippen molar-refractivity contribution in [1.82, 2.24) is 5.32 Å². The molecule has 1 aromatic rings. The Hall–Kier alpha value is -1.19. The highest BCUT2D eigenvalue weighted by Gasteiger charge is 2.21. The zero-order chi connectivity index (χ0) is 11.4. The van der Waals surface area contributed by atoms with Gasteiger partial charge in [0.05, 0.1) is 6.61 Å². The van der Waals surface area contributed by atoms with Gasteiger partial charge >= 0.3 is 0 Å². The van der Waals surface area contributed by atoms with Gasteiger partial charge in [-0.25, -0.2) is 0 Å². The Morgan fingerprint density at radius 2 is 1.88 bits per heavy atom. The second-order valence-electron chi connectivity index (χ2n) is 4.24. The van der Waals surface area contributed by atoms with Gasteiger partial charge in [0.1, 0.15) is 0 Å². The predicted molar refractivity (Wildman–Crippen MR) is 62.3 cm³/mol. The topological polar surface area (TPSA) is 49.3 Å². The van der Waals surface area contributed by atoms with Crippen LogP contribution in [0.25, 0.3) is 0 Å². The molecule has 0 amide bonds. The molecule has 0 atom stereocenters. The van der Waals surface area contributed by atoms with Crippen LogP contribution in [0.5, 0.6) is 0 Å². The van der Waals surface area contributed by atoms with Crippen LogP contribution in [0.3, 0.4) is 0 Å². The van der Waals surface area contributed by atoms with Gasteiger partial charge in [-0.2, -0.15) is 0 Å². The molecule has 1 aliphatic heterocycles. The SMILES string of the molecule is O=C(c1ccc(CO)cc1)C1CCNCC1. The van der Waals surface area contributed by atoms with Crippen LogP contribution in [-0.2, 0) is 6.61 Å². The molecule has 0 unspecified atom stereocenters. The number of aliphatic hydroxyl groups excluding tert-OH is 1. The van der Waals surface area contributed by atoms with Crippen LogP contribution < -0.4 is 5.32 Å². The monoisotopic (exact) mass is 219 g/mol. The van der Waals surface area contributed by atoms with Gasteiger partial charge in [0.2, 0.25) is 0 Å². The number of rotatable bonds is 3. The van der Waals surface area contributed by atoms with Crippen molar-refractivity contribution in [2.45, 2.75) is 19.4 Å². The molecule has 0 saturated carbocycles. The largest absolute Gasteiger partial charge is 0.392 e. The maximum Gasteiger partial charge on any atom is 0.166 e. The highest BCUT2D eigenvalue weighted by atomic mass is 16.3. The van der Waals surface area contributed by atoms with Crippen molar-refractivity contribution in [3.8, 4) is 0 Å². The number of hydrogen-bond acceptors (Lipinski definition) is 3. The second kappa shape index (κ2) is 5.23. The Morgan fingerprint density at radius 1 is 1.25 bits per heavy atom. The molecule has 3 nitrogen and oxygen atoms in total. The molecule has 2 N–H and O–H groups in total. The Labute approximate surface area is 95.5 Å². The Balaban J connectivity index is 2.07. The number of piperidine rings is 1. The highest BCUT2D eigenvalue weighted by Crippen LogP contribution is 2.18. The Kier molecular flexibility index (Phi) is 3.70. The van der Waals surface area contributed by atoms with E-state index in [0.717, 1.165) is 37.1 Å². The summed E-state index contributed by atoms with van der Waals surface area (Å²) >= 11 is 0. The fraction of sp³-hybridized carbons (Fsp3) is 0.462. The van der Waals surface area contributed by atoms with Gasteiger partial charge < -0.3 is 10.4 Å². The van der Waals surface area contributed by atoms with Crippen LogP contribution in [0.15, 0.2) is 24.3 Å². The molecule has 0 bridgehead atoms. The van der Waals surface area contributed by atoms with Crippen LogP contribution in [0.1, 0.15) is 28.8 Å². The number of Topliss-reactive ketones (excluding diaryl/α,β-unsaturated/α-hetero) is 1. The third-order valence-corrected chi connectivity index (χ3v) is 3.13. The molecule has 1 saturated heterocycles. The highest BCUT2D eigenvalue weighted by molar-refractivity contribution is 5.97. The predicted octanol–water partition coefficient (Wildman–Crippen LogP) is 1.36. The van der Waals surface area contributed by atoms with Crippen molar-refractivity contribution in [3.05, 3.63) is 35.4 Å². The van der Waals surface area contributed by atoms with Crippen molar-refractivity contribution in [3.63, 3.8) is 0 Å². The van der Waals surface area contributed by atoms with E-state index in [1.54, 1.807) is 0 Å². The number of nitrogens with one attached hydrogen (secondary N) is 1. The zero-order valence-corrected chi connectivity index (χ0v) is 9.28. The summed E-state index contributed by atoms with van der Waals surface area (Å²) in [6, 6.07) is 7.26. The molecule has 0 radical (unpaired) electrons. The summed E-state index contributed by atoms with van der Waals surface area (Å²) in [5.41, 5.74) is 1.62. The van der Waals surface area contributed by atoms with E-state index in [4.69, 9.17) is 5.11 Å². The molecular weight excluding hydrogens is 202 g/mol. The fourth-order valence-electron chi connectivity index (χ4n) is 2.09. The van der Waals surface area contributed by atoms with E-state index in [0.29, 0.717) is 0 Å². The first-order valence-corrected chi connectivity index (χ1v) is 5.76. The number of benzene rings is 1. The first-order valence-electron chi connectivity index (χ1n) is 5.76. The van der Waals surface area contributed by atoms with E-state index in [1.165, 1.54) is 0 Å². The van der Waals surface area contributed by atoms with Crippen LogP contribution in [0.2, 0.25) is 0 Å². The van der Waals surface area contributed by atoms with Gasteiger partial charge in [-0.05, 0) is 31.5 Å². The number of aliphatic hydroxyl groups is 1. The van der Waals surface area contributed by atoms with Crippen LogP contribution in [-0.4, -0.2) is 24.0 Å². The third-order valence-electron chi connectivity index (χ3n) is 3.13. The van der Waals surface area contributed by atoms with Crippen molar-refractivity contribution in [1.29, 1.82) is 0 Å². The van der Waals surface area contributed by atoms with Gasteiger partial charge in [-0.15, -0.1) is 0 Å². The minimum Gasteiger partial charge on any atom is -0.392 e. The van der Waals surface area contributed by atoms with E-state index >= 15 is 0 Å². The number of ketones is 1. The third kappa shape index (κ3) is 2.49. The number of carbonyl (C=O) groups is 1. The van der Waals surface area contributed by atoms with Crippen molar-refractivity contribution < 1.29 is 9.90 Å². The summed E-state index contributed by atoms with van der Waals surface area (Å²) < 4.78 is 0. The first kappa shape index (κ1) is 11.3. The minimum atomic E-state index is 0.0296. The molecule has 0 aromatic heterocycles. The normalized spacial score (nSPS) is 17.3. The lowest BCUT2D eigenvalue weighted by Crippen LogP contribution is -2.31. The summed E-state index contributed by atoms with van der Waals surface area (Å²) in [5.74, 6) is 0.409. The smallest absolute Gasteiger partial charge is 0.166 e. The van der Waals surface area contributed by atoms with Crippen LogP contribution in [0.4, 0.5) is 0 Å². The zero-order valence-electron chi connectivity index (χ0n) is 9.28. The molecule has 16 heavy (non-hydrogen) atoms. The average Bonchev–Trinajstić information content (AvgIpc) is 2.39. The molecule has 1 aliphatic rings. The number of carbonyl (C=O) groups excluding carboxylic acids is 1.